The second-order valence-electron chi connectivity index (χ2n) is 5.00. The Bertz CT molecular complexity index is 328. The van der Waals surface area contributed by atoms with Crippen molar-refractivity contribution in [2.45, 2.75) is 45.6 Å². The molecule has 0 aromatic carbocycles. The lowest BCUT2D eigenvalue weighted by molar-refractivity contribution is -0.146. The summed E-state index contributed by atoms with van der Waals surface area (Å²) < 4.78 is 5.26. The zero-order chi connectivity index (χ0) is 14.3. The normalized spacial score (nSPS) is 18.1. The Balaban J connectivity index is 2.93. The van der Waals surface area contributed by atoms with E-state index >= 15 is 0 Å². The van der Waals surface area contributed by atoms with Crippen LogP contribution in [0.1, 0.15) is 39.5 Å². The number of carbonyl (C=O) groups is 1. The van der Waals surface area contributed by atoms with E-state index < -0.39 is 5.41 Å². The van der Waals surface area contributed by atoms with E-state index in [1.165, 1.54) is 0 Å². The molecule has 1 N–H and O–H groups in total. The van der Waals surface area contributed by atoms with Gasteiger partial charge in [0.25, 0.3) is 0 Å². The number of nitrogens with zero attached hydrogens (tertiary/aromatic N) is 2. The second kappa shape index (κ2) is 7.46. The van der Waals surface area contributed by atoms with Crippen LogP contribution in [0.3, 0.4) is 0 Å². The van der Waals surface area contributed by atoms with Crippen molar-refractivity contribution in [3.8, 4) is 6.07 Å². The number of rotatable bonds is 6. The summed E-state index contributed by atoms with van der Waals surface area (Å²) in [4.78, 5) is 14.4. The quantitative estimate of drug-likeness (QED) is 0.788. The van der Waals surface area contributed by atoms with Gasteiger partial charge in [0.05, 0.1) is 12.7 Å². The van der Waals surface area contributed by atoms with Crippen LogP contribution >= 0.6 is 0 Å². The monoisotopic (exact) mass is 268 g/mol. The lowest BCUT2D eigenvalue weighted by Crippen LogP contribution is -2.51. The predicted octanol–water partition coefficient (Wildman–Crippen LogP) is 1.32. The van der Waals surface area contributed by atoms with Gasteiger partial charge in [-0.05, 0) is 25.7 Å². The van der Waals surface area contributed by atoms with Gasteiger partial charge in [0.1, 0.15) is 5.41 Å². The Labute approximate surface area is 115 Å². The molecule has 0 atom stereocenters. The van der Waals surface area contributed by atoms with E-state index in [0.717, 1.165) is 12.8 Å². The summed E-state index contributed by atoms with van der Waals surface area (Å²) in [5, 5.41) is 18.6. The molecule has 1 amide bonds. The van der Waals surface area contributed by atoms with E-state index in [4.69, 9.17) is 4.74 Å². The van der Waals surface area contributed by atoms with Crippen LogP contribution in [0.4, 0.5) is 0 Å². The van der Waals surface area contributed by atoms with E-state index in [0.29, 0.717) is 32.6 Å². The molecule has 1 heterocycles. The molecule has 0 spiro atoms. The van der Waals surface area contributed by atoms with Crippen LogP contribution in [0.15, 0.2) is 0 Å². The molecule has 0 aromatic rings. The van der Waals surface area contributed by atoms with E-state index in [1.807, 2.05) is 13.8 Å². The van der Waals surface area contributed by atoms with Gasteiger partial charge in [0, 0.05) is 25.8 Å². The molecule has 0 unspecified atom stereocenters. The van der Waals surface area contributed by atoms with Gasteiger partial charge in [0.15, 0.2) is 0 Å². The van der Waals surface area contributed by atoms with Crippen LogP contribution in [0.5, 0.6) is 0 Å². The third kappa shape index (κ3) is 3.46. The largest absolute Gasteiger partial charge is 0.395 e. The van der Waals surface area contributed by atoms with Crippen LogP contribution in [0.2, 0.25) is 0 Å². The van der Waals surface area contributed by atoms with Crippen molar-refractivity contribution >= 4 is 5.91 Å². The number of nitriles is 1. The number of hydrogen-bond donors (Lipinski definition) is 1. The second-order valence-corrected chi connectivity index (χ2v) is 5.00. The van der Waals surface area contributed by atoms with Crippen molar-refractivity contribution in [1.82, 2.24) is 4.90 Å². The minimum atomic E-state index is -0.962. The van der Waals surface area contributed by atoms with Gasteiger partial charge in [-0.3, -0.25) is 4.79 Å². The number of carbonyl (C=O) groups excluding carboxylic acids is 1. The summed E-state index contributed by atoms with van der Waals surface area (Å²) in [6.07, 6.45) is 2.56. The molecule has 0 bridgehead atoms. The zero-order valence-electron chi connectivity index (χ0n) is 11.9. The maximum Gasteiger partial charge on any atom is 0.243 e. The molecule has 0 radical (unpaired) electrons. The smallest absolute Gasteiger partial charge is 0.243 e. The predicted molar refractivity (Wildman–Crippen MR) is 71.3 cm³/mol. The third-order valence-corrected chi connectivity index (χ3v) is 3.95. The first-order chi connectivity index (χ1) is 9.15. The lowest BCUT2D eigenvalue weighted by Gasteiger charge is -2.38. The molecule has 19 heavy (non-hydrogen) atoms. The Morgan fingerprint density at radius 3 is 2.42 bits per heavy atom. The Kier molecular flexibility index (Phi) is 6.26. The molecule has 0 aliphatic carbocycles. The van der Waals surface area contributed by atoms with E-state index in [-0.39, 0.29) is 18.6 Å². The van der Waals surface area contributed by atoms with Gasteiger partial charge < -0.3 is 14.7 Å². The molecule has 1 aliphatic heterocycles. The van der Waals surface area contributed by atoms with Crippen LogP contribution in [-0.2, 0) is 9.53 Å². The summed E-state index contributed by atoms with van der Waals surface area (Å²) in [6, 6.07) is 2.30. The fourth-order valence-electron chi connectivity index (χ4n) is 2.66. The van der Waals surface area contributed by atoms with Crippen LogP contribution in [0.25, 0.3) is 0 Å². The summed E-state index contributed by atoms with van der Waals surface area (Å²) >= 11 is 0. The third-order valence-electron chi connectivity index (χ3n) is 3.95. The number of aliphatic hydroxyl groups excluding tert-OH is 1. The maximum absolute atomic E-state index is 12.7. The standard InChI is InChI=1S/C14H24N2O3/c1-3-12(4-2)16(7-8-17)13(18)14(11-15)5-9-19-10-6-14/h12,17H,3-10H2,1-2H3. The van der Waals surface area contributed by atoms with Crippen molar-refractivity contribution in [2.24, 2.45) is 5.41 Å². The lowest BCUT2D eigenvalue weighted by atomic mass is 9.80. The Morgan fingerprint density at radius 2 is 2.00 bits per heavy atom. The molecule has 0 aromatic heterocycles. The van der Waals surface area contributed by atoms with Crippen molar-refractivity contribution in [1.29, 1.82) is 5.26 Å². The van der Waals surface area contributed by atoms with Gasteiger partial charge in [-0.2, -0.15) is 5.26 Å². The highest BCUT2D eigenvalue weighted by molar-refractivity contribution is 5.86. The average molecular weight is 268 g/mol. The van der Waals surface area contributed by atoms with Crippen LogP contribution in [0, 0.1) is 16.7 Å². The topological polar surface area (TPSA) is 73.6 Å². The molecular formula is C14H24N2O3. The number of aliphatic hydroxyl groups is 1. The van der Waals surface area contributed by atoms with Gasteiger partial charge in [-0.25, -0.2) is 0 Å². The minimum Gasteiger partial charge on any atom is -0.395 e. The molecule has 0 saturated carbocycles. The summed E-state index contributed by atoms with van der Waals surface area (Å²) in [5.41, 5.74) is -0.962. The molecular weight excluding hydrogens is 244 g/mol. The van der Waals surface area contributed by atoms with Gasteiger partial charge >= 0.3 is 0 Å². The van der Waals surface area contributed by atoms with Crippen molar-refractivity contribution in [3.63, 3.8) is 0 Å². The fourth-order valence-corrected chi connectivity index (χ4v) is 2.66. The van der Waals surface area contributed by atoms with Gasteiger partial charge in [-0.1, -0.05) is 13.8 Å². The summed E-state index contributed by atoms with van der Waals surface area (Å²) in [5.74, 6) is -0.138. The number of ether oxygens (including phenoxy) is 1. The zero-order valence-corrected chi connectivity index (χ0v) is 11.9. The van der Waals surface area contributed by atoms with Crippen molar-refractivity contribution < 1.29 is 14.6 Å². The average Bonchev–Trinajstić information content (AvgIpc) is 2.47. The van der Waals surface area contributed by atoms with Crippen LogP contribution < -0.4 is 0 Å². The Morgan fingerprint density at radius 1 is 1.42 bits per heavy atom. The van der Waals surface area contributed by atoms with Crippen LogP contribution in [-0.4, -0.2) is 48.3 Å². The van der Waals surface area contributed by atoms with Gasteiger partial charge in [-0.15, -0.1) is 0 Å². The summed E-state index contributed by atoms with van der Waals surface area (Å²) in [6.45, 7) is 5.18. The molecule has 5 nitrogen and oxygen atoms in total. The highest BCUT2D eigenvalue weighted by Crippen LogP contribution is 2.33. The highest BCUT2D eigenvalue weighted by atomic mass is 16.5. The number of amides is 1. The molecule has 5 heteroatoms. The minimum absolute atomic E-state index is 0.0692. The van der Waals surface area contributed by atoms with Crippen molar-refractivity contribution in [2.75, 3.05) is 26.4 Å². The van der Waals surface area contributed by atoms with E-state index in [1.54, 1.807) is 4.90 Å². The first-order valence-electron chi connectivity index (χ1n) is 7.06. The molecule has 1 aliphatic rings. The van der Waals surface area contributed by atoms with E-state index in [2.05, 4.69) is 6.07 Å². The van der Waals surface area contributed by atoms with E-state index in [9.17, 15) is 15.2 Å². The highest BCUT2D eigenvalue weighted by Gasteiger charge is 2.44. The van der Waals surface area contributed by atoms with Crippen molar-refractivity contribution in [3.05, 3.63) is 0 Å². The maximum atomic E-state index is 12.7. The molecule has 1 rings (SSSR count). The van der Waals surface area contributed by atoms with Gasteiger partial charge in [0.2, 0.25) is 5.91 Å². The Hall–Kier alpha value is -1.12. The fraction of sp³-hybridized carbons (Fsp3) is 0.857. The first kappa shape index (κ1) is 15.9. The number of hydrogen-bond acceptors (Lipinski definition) is 4. The molecule has 1 fully saturated rings. The summed E-state index contributed by atoms with van der Waals surface area (Å²) in [7, 11) is 0. The first-order valence-corrected chi connectivity index (χ1v) is 7.06. The SMILES string of the molecule is CCC(CC)N(CCO)C(=O)C1(C#N)CCOCC1. The molecule has 108 valence electrons. The molecule has 1 saturated heterocycles.